The predicted molar refractivity (Wildman–Crippen MR) is 82.1 cm³/mol. The van der Waals surface area contributed by atoms with Crippen molar-refractivity contribution < 1.29 is 9.18 Å². The molecule has 0 fully saturated rings. The number of halogens is 1. The Morgan fingerprint density at radius 1 is 1.14 bits per heavy atom. The summed E-state index contributed by atoms with van der Waals surface area (Å²) in [7, 11) is 1.91. The smallest absolute Gasteiger partial charge is 0.184 e. The van der Waals surface area contributed by atoms with Crippen molar-refractivity contribution in [3.05, 3.63) is 66.1 Å². The lowest BCUT2D eigenvalue weighted by Gasteiger charge is -2.06. The van der Waals surface area contributed by atoms with Crippen LogP contribution in [-0.4, -0.2) is 16.9 Å². The molecule has 1 N–H and O–H groups in total. The Balaban J connectivity index is 1.83. The molecule has 0 aliphatic heterocycles. The highest BCUT2D eigenvalue weighted by atomic mass is 19.1. The van der Waals surface area contributed by atoms with Crippen LogP contribution < -0.4 is 5.32 Å². The second kappa shape index (κ2) is 5.40. The van der Waals surface area contributed by atoms with Crippen molar-refractivity contribution in [1.82, 2.24) is 4.57 Å². The topological polar surface area (TPSA) is 34.0 Å². The summed E-state index contributed by atoms with van der Waals surface area (Å²) in [5, 5.41) is 3.77. The molecule has 0 unspecified atom stereocenters. The standard InChI is InChI=1S/C17H15FN2O/c1-20-11-13(12-6-2-5-9-16(12)20)17(21)10-19-15-8-4-3-7-14(15)18/h2-9,11,19H,10H2,1H3. The van der Waals surface area contributed by atoms with Gasteiger partial charge in [0.15, 0.2) is 5.78 Å². The number of carbonyl (C=O) groups excluding carboxylic acids is 1. The van der Waals surface area contributed by atoms with E-state index in [0.717, 1.165) is 10.9 Å². The van der Waals surface area contributed by atoms with Crippen LogP contribution in [0.3, 0.4) is 0 Å². The minimum absolute atomic E-state index is 0.0601. The molecule has 3 rings (SSSR count). The number of nitrogens with zero attached hydrogens (tertiary/aromatic N) is 1. The minimum atomic E-state index is -0.358. The van der Waals surface area contributed by atoms with Crippen LogP contribution in [0.2, 0.25) is 0 Å². The van der Waals surface area contributed by atoms with Crippen LogP contribution in [-0.2, 0) is 7.05 Å². The van der Waals surface area contributed by atoms with E-state index in [2.05, 4.69) is 5.32 Å². The Morgan fingerprint density at radius 2 is 1.86 bits per heavy atom. The normalized spacial score (nSPS) is 10.8. The maximum atomic E-state index is 13.5. The number of aromatic nitrogens is 1. The summed E-state index contributed by atoms with van der Waals surface area (Å²) in [5.41, 5.74) is 2.00. The minimum Gasteiger partial charge on any atom is -0.375 e. The number of aryl methyl sites for hydroxylation is 1. The van der Waals surface area contributed by atoms with Crippen LogP contribution in [0, 0.1) is 5.82 Å². The molecule has 0 saturated heterocycles. The fraction of sp³-hybridized carbons (Fsp3) is 0.118. The molecule has 4 heteroatoms. The number of para-hydroxylation sites is 2. The summed E-state index contributed by atoms with van der Waals surface area (Å²) in [6, 6.07) is 14.1. The van der Waals surface area contributed by atoms with Gasteiger partial charge in [0, 0.05) is 29.7 Å². The molecule has 0 aliphatic carbocycles. The van der Waals surface area contributed by atoms with Gasteiger partial charge in [-0.2, -0.15) is 0 Å². The lowest BCUT2D eigenvalue weighted by atomic mass is 10.1. The molecule has 0 saturated carbocycles. The SMILES string of the molecule is Cn1cc(C(=O)CNc2ccccc2F)c2ccccc21. The number of anilines is 1. The van der Waals surface area contributed by atoms with Gasteiger partial charge in [-0.1, -0.05) is 30.3 Å². The van der Waals surface area contributed by atoms with E-state index in [1.807, 2.05) is 42.1 Å². The maximum Gasteiger partial charge on any atom is 0.184 e. The number of benzene rings is 2. The molecule has 0 aliphatic rings. The highest BCUT2D eigenvalue weighted by Crippen LogP contribution is 2.21. The monoisotopic (exact) mass is 282 g/mol. The summed E-state index contributed by atoms with van der Waals surface area (Å²) in [5.74, 6) is -0.418. The number of fused-ring (bicyclic) bond motifs is 1. The molecule has 106 valence electrons. The number of nitrogens with one attached hydrogen (secondary N) is 1. The van der Waals surface area contributed by atoms with E-state index >= 15 is 0 Å². The molecule has 0 amide bonds. The first kappa shape index (κ1) is 13.4. The Morgan fingerprint density at radius 3 is 2.67 bits per heavy atom. The van der Waals surface area contributed by atoms with Crippen molar-refractivity contribution >= 4 is 22.4 Å². The maximum absolute atomic E-state index is 13.5. The summed E-state index contributed by atoms with van der Waals surface area (Å²) >= 11 is 0. The Hall–Kier alpha value is -2.62. The molecule has 21 heavy (non-hydrogen) atoms. The van der Waals surface area contributed by atoms with Crippen molar-refractivity contribution in [2.75, 3.05) is 11.9 Å². The highest BCUT2D eigenvalue weighted by molar-refractivity contribution is 6.09. The first-order valence-corrected chi connectivity index (χ1v) is 6.72. The average Bonchev–Trinajstić information content (AvgIpc) is 2.84. The van der Waals surface area contributed by atoms with Gasteiger partial charge in [0.05, 0.1) is 12.2 Å². The van der Waals surface area contributed by atoms with E-state index in [1.54, 1.807) is 18.2 Å². The molecular formula is C17H15FN2O. The molecule has 1 heterocycles. The van der Waals surface area contributed by atoms with Crippen LogP contribution in [0.1, 0.15) is 10.4 Å². The van der Waals surface area contributed by atoms with Crippen molar-refractivity contribution in [2.24, 2.45) is 7.05 Å². The van der Waals surface area contributed by atoms with E-state index in [1.165, 1.54) is 6.07 Å². The van der Waals surface area contributed by atoms with E-state index in [4.69, 9.17) is 0 Å². The van der Waals surface area contributed by atoms with Gasteiger partial charge < -0.3 is 9.88 Å². The first-order valence-electron chi connectivity index (χ1n) is 6.72. The lowest BCUT2D eigenvalue weighted by Crippen LogP contribution is -2.14. The van der Waals surface area contributed by atoms with Crippen LogP contribution >= 0.6 is 0 Å². The van der Waals surface area contributed by atoms with Gasteiger partial charge in [-0.3, -0.25) is 4.79 Å². The highest BCUT2D eigenvalue weighted by Gasteiger charge is 2.13. The van der Waals surface area contributed by atoms with Crippen LogP contribution in [0.5, 0.6) is 0 Å². The molecule has 3 aromatic rings. The van der Waals surface area contributed by atoms with Crippen molar-refractivity contribution in [1.29, 1.82) is 0 Å². The molecule has 0 bridgehead atoms. The summed E-state index contributed by atoms with van der Waals surface area (Å²) in [6.45, 7) is 0.0644. The van der Waals surface area contributed by atoms with Gasteiger partial charge >= 0.3 is 0 Å². The zero-order valence-corrected chi connectivity index (χ0v) is 11.6. The summed E-state index contributed by atoms with van der Waals surface area (Å²) in [4.78, 5) is 12.4. The van der Waals surface area contributed by atoms with Gasteiger partial charge in [0.1, 0.15) is 5.82 Å². The molecule has 3 nitrogen and oxygen atoms in total. The summed E-state index contributed by atoms with van der Waals surface area (Å²) < 4.78 is 15.4. The van der Waals surface area contributed by atoms with Gasteiger partial charge in [-0.05, 0) is 18.2 Å². The van der Waals surface area contributed by atoms with Gasteiger partial charge in [-0.15, -0.1) is 0 Å². The summed E-state index contributed by atoms with van der Waals surface area (Å²) in [6.07, 6.45) is 1.82. The van der Waals surface area contributed by atoms with E-state index in [-0.39, 0.29) is 18.1 Å². The molecule has 1 aromatic heterocycles. The second-order valence-electron chi connectivity index (χ2n) is 4.93. The Kier molecular flexibility index (Phi) is 3.44. The van der Waals surface area contributed by atoms with Gasteiger partial charge in [-0.25, -0.2) is 4.39 Å². The average molecular weight is 282 g/mol. The molecule has 0 spiro atoms. The number of hydrogen-bond donors (Lipinski definition) is 1. The number of Topliss-reactive ketones (excluding diaryl/α,β-unsaturated/α-hetero) is 1. The zero-order valence-electron chi connectivity index (χ0n) is 11.6. The van der Waals surface area contributed by atoms with Crippen LogP contribution in [0.25, 0.3) is 10.9 Å². The number of hydrogen-bond acceptors (Lipinski definition) is 2. The number of ketones is 1. The third-order valence-electron chi connectivity index (χ3n) is 3.51. The van der Waals surface area contributed by atoms with Crippen LogP contribution in [0.4, 0.5) is 10.1 Å². The predicted octanol–water partition coefficient (Wildman–Crippen LogP) is 3.61. The molecule has 0 radical (unpaired) electrons. The van der Waals surface area contributed by atoms with E-state index in [9.17, 15) is 9.18 Å². The number of carbonyl (C=O) groups is 1. The van der Waals surface area contributed by atoms with E-state index < -0.39 is 0 Å². The Bertz CT molecular complexity index is 807. The number of rotatable bonds is 4. The van der Waals surface area contributed by atoms with Crippen molar-refractivity contribution in [3.63, 3.8) is 0 Å². The fourth-order valence-corrected chi connectivity index (χ4v) is 2.44. The van der Waals surface area contributed by atoms with Crippen molar-refractivity contribution in [3.8, 4) is 0 Å². The quantitative estimate of drug-likeness (QED) is 0.742. The zero-order chi connectivity index (χ0) is 14.8. The third kappa shape index (κ3) is 2.52. The Labute approximate surface area is 122 Å². The molecular weight excluding hydrogens is 267 g/mol. The molecule has 2 aromatic carbocycles. The second-order valence-corrected chi connectivity index (χ2v) is 4.93. The lowest BCUT2D eigenvalue weighted by molar-refractivity contribution is 0.101. The molecule has 0 atom stereocenters. The first-order chi connectivity index (χ1) is 10.2. The fourth-order valence-electron chi connectivity index (χ4n) is 2.44. The van der Waals surface area contributed by atoms with Crippen molar-refractivity contribution in [2.45, 2.75) is 0 Å². The largest absolute Gasteiger partial charge is 0.375 e. The van der Waals surface area contributed by atoms with Crippen LogP contribution in [0.15, 0.2) is 54.7 Å². The third-order valence-corrected chi connectivity index (χ3v) is 3.51. The van der Waals surface area contributed by atoms with Gasteiger partial charge in [0.2, 0.25) is 0 Å². The van der Waals surface area contributed by atoms with E-state index in [0.29, 0.717) is 11.3 Å². The van der Waals surface area contributed by atoms with Gasteiger partial charge in [0.25, 0.3) is 0 Å².